The van der Waals surface area contributed by atoms with Crippen LogP contribution in [0.2, 0.25) is 0 Å². The van der Waals surface area contributed by atoms with Crippen LogP contribution in [0.25, 0.3) is 11.4 Å². The molecule has 5 rings (SSSR count). The van der Waals surface area contributed by atoms with Crippen molar-refractivity contribution >= 4 is 11.7 Å². The molecule has 0 N–H and O–H groups in total. The van der Waals surface area contributed by atoms with E-state index in [1.165, 1.54) is 5.56 Å². The molecule has 4 heterocycles. The molecule has 2 aliphatic rings. The van der Waals surface area contributed by atoms with Crippen molar-refractivity contribution in [2.75, 3.05) is 25.0 Å². The van der Waals surface area contributed by atoms with Crippen LogP contribution in [0, 0.1) is 13.8 Å². The van der Waals surface area contributed by atoms with Crippen molar-refractivity contribution in [2.24, 2.45) is 0 Å². The molecule has 0 bridgehead atoms. The molecule has 0 saturated carbocycles. The van der Waals surface area contributed by atoms with E-state index < -0.39 is 0 Å². The zero-order chi connectivity index (χ0) is 22.9. The molecule has 0 radical (unpaired) electrons. The number of anilines is 1. The fourth-order valence-electron chi connectivity index (χ4n) is 4.77. The molecule has 2 aliphatic heterocycles. The van der Waals surface area contributed by atoms with Crippen LogP contribution in [0.5, 0.6) is 0 Å². The summed E-state index contributed by atoms with van der Waals surface area (Å²) in [5.74, 6) is 2.92. The Morgan fingerprint density at radius 2 is 1.67 bits per heavy atom. The van der Waals surface area contributed by atoms with E-state index in [4.69, 9.17) is 9.97 Å². The molecule has 3 aromatic rings. The van der Waals surface area contributed by atoms with Crippen molar-refractivity contribution in [3.63, 3.8) is 0 Å². The number of benzene rings is 1. The molecule has 7 heteroatoms. The third-order valence-electron chi connectivity index (χ3n) is 6.86. The van der Waals surface area contributed by atoms with Crippen LogP contribution in [0.15, 0.2) is 36.7 Å². The molecule has 0 spiro atoms. The summed E-state index contributed by atoms with van der Waals surface area (Å²) in [7, 11) is 1.82. The van der Waals surface area contributed by atoms with E-state index in [1.807, 2.05) is 26.4 Å². The number of piperidine rings is 1. The van der Waals surface area contributed by atoms with E-state index in [1.54, 1.807) is 4.90 Å². The second-order valence-electron chi connectivity index (χ2n) is 9.25. The van der Waals surface area contributed by atoms with Gasteiger partial charge in [-0.05, 0) is 46.2 Å². The molecule has 2 aromatic heterocycles. The molecule has 33 heavy (non-hydrogen) atoms. The molecule has 1 fully saturated rings. The van der Waals surface area contributed by atoms with Crippen LogP contribution >= 0.6 is 0 Å². The van der Waals surface area contributed by atoms with Gasteiger partial charge in [-0.15, -0.1) is 0 Å². The number of carbonyl (C=O) groups excluding carboxylic acids is 1. The topological polar surface area (TPSA) is 75.1 Å². The highest BCUT2D eigenvalue weighted by Crippen LogP contribution is 2.32. The Kier molecular flexibility index (Phi) is 5.89. The fraction of sp³-hybridized carbons (Fsp3) is 0.423. The summed E-state index contributed by atoms with van der Waals surface area (Å²) in [6, 6.07) is 8.29. The number of fused-ring (bicyclic) bond motifs is 1. The van der Waals surface area contributed by atoms with Gasteiger partial charge in [0.25, 0.3) is 0 Å². The summed E-state index contributed by atoms with van der Waals surface area (Å²) in [6.45, 7) is 6.94. The van der Waals surface area contributed by atoms with E-state index in [9.17, 15) is 4.79 Å². The summed E-state index contributed by atoms with van der Waals surface area (Å²) >= 11 is 0. The first-order valence-electron chi connectivity index (χ1n) is 11.7. The van der Waals surface area contributed by atoms with Crippen LogP contribution < -0.4 is 4.90 Å². The molecule has 0 aliphatic carbocycles. The lowest BCUT2D eigenvalue weighted by molar-refractivity contribution is -0.118. The Bertz CT molecular complexity index is 1150. The predicted molar refractivity (Wildman–Crippen MR) is 128 cm³/mol. The van der Waals surface area contributed by atoms with Crippen LogP contribution in [-0.2, 0) is 17.8 Å². The third kappa shape index (κ3) is 4.50. The summed E-state index contributed by atoms with van der Waals surface area (Å²) in [4.78, 5) is 35.1. The van der Waals surface area contributed by atoms with Gasteiger partial charge in [0.05, 0.1) is 0 Å². The number of nitrogens with zero attached hydrogens (tertiary/aromatic N) is 6. The van der Waals surface area contributed by atoms with E-state index in [0.717, 1.165) is 78.7 Å². The summed E-state index contributed by atoms with van der Waals surface area (Å²) < 4.78 is 0. The Balaban J connectivity index is 1.22. The summed E-state index contributed by atoms with van der Waals surface area (Å²) in [5, 5.41) is 0. The standard InChI is InChI=1S/C26H30N6O/c1-17-4-6-20(7-5-17)24-27-14-19(15-28-24)16-32-12-10-21(11-13-32)25-29-18(2)22-8-9-23(33)31(3)26(22)30-25/h4-7,14-15,21H,8-13,16H2,1-3H3. The zero-order valence-electron chi connectivity index (χ0n) is 19.6. The first kappa shape index (κ1) is 21.6. The lowest BCUT2D eigenvalue weighted by Crippen LogP contribution is -2.35. The average Bonchev–Trinajstić information content (AvgIpc) is 2.83. The van der Waals surface area contributed by atoms with Crippen LogP contribution in [-0.4, -0.2) is 50.9 Å². The Hall–Kier alpha value is -3.19. The van der Waals surface area contributed by atoms with Gasteiger partial charge in [0.2, 0.25) is 5.91 Å². The van der Waals surface area contributed by atoms with E-state index in [0.29, 0.717) is 12.3 Å². The monoisotopic (exact) mass is 442 g/mol. The van der Waals surface area contributed by atoms with Gasteiger partial charge in [0.15, 0.2) is 5.82 Å². The Morgan fingerprint density at radius 1 is 0.970 bits per heavy atom. The van der Waals surface area contributed by atoms with Gasteiger partial charge >= 0.3 is 0 Å². The van der Waals surface area contributed by atoms with Crippen molar-refractivity contribution in [3.8, 4) is 11.4 Å². The van der Waals surface area contributed by atoms with Gasteiger partial charge in [-0.2, -0.15) is 0 Å². The molecule has 1 aromatic carbocycles. The van der Waals surface area contributed by atoms with E-state index in [-0.39, 0.29) is 5.91 Å². The van der Waals surface area contributed by atoms with Crippen molar-refractivity contribution in [3.05, 3.63) is 64.9 Å². The number of aryl methyl sites for hydroxylation is 2. The highest BCUT2D eigenvalue weighted by atomic mass is 16.2. The molecule has 1 saturated heterocycles. The lowest BCUT2D eigenvalue weighted by Gasteiger charge is -2.32. The molecule has 1 amide bonds. The number of hydrogen-bond acceptors (Lipinski definition) is 6. The van der Waals surface area contributed by atoms with Crippen LogP contribution in [0.1, 0.15) is 53.4 Å². The van der Waals surface area contributed by atoms with Crippen molar-refractivity contribution < 1.29 is 4.79 Å². The molecule has 0 atom stereocenters. The van der Waals surface area contributed by atoms with Gasteiger partial charge in [-0.1, -0.05) is 29.8 Å². The van der Waals surface area contributed by atoms with Gasteiger partial charge in [0, 0.05) is 60.7 Å². The fourth-order valence-corrected chi connectivity index (χ4v) is 4.77. The summed E-state index contributed by atoms with van der Waals surface area (Å²) in [6.07, 6.45) is 7.19. The quantitative estimate of drug-likeness (QED) is 0.611. The van der Waals surface area contributed by atoms with E-state index in [2.05, 4.69) is 46.1 Å². The molecule has 170 valence electrons. The molecule has 7 nitrogen and oxygen atoms in total. The predicted octanol–water partition coefficient (Wildman–Crippen LogP) is 3.84. The molecular formula is C26H30N6O. The average molecular weight is 443 g/mol. The minimum Gasteiger partial charge on any atom is -0.300 e. The smallest absolute Gasteiger partial charge is 0.228 e. The maximum absolute atomic E-state index is 12.1. The Labute approximate surface area is 194 Å². The number of amides is 1. The van der Waals surface area contributed by atoms with Crippen molar-refractivity contribution in [1.29, 1.82) is 0 Å². The largest absolute Gasteiger partial charge is 0.300 e. The first-order valence-corrected chi connectivity index (χ1v) is 11.7. The second-order valence-corrected chi connectivity index (χ2v) is 9.25. The Morgan fingerprint density at radius 3 is 2.36 bits per heavy atom. The lowest BCUT2D eigenvalue weighted by atomic mass is 9.94. The SMILES string of the molecule is Cc1ccc(-c2ncc(CN3CCC(c4nc(C)c5c(n4)N(C)C(=O)CC5)CC3)cn2)cc1. The maximum atomic E-state index is 12.1. The van der Waals surface area contributed by atoms with Crippen LogP contribution in [0.3, 0.4) is 0 Å². The minimum absolute atomic E-state index is 0.136. The first-order chi connectivity index (χ1) is 16.0. The number of carbonyl (C=O) groups is 1. The molecular weight excluding hydrogens is 412 g/mol. The van der Waals surface area contributed by atoms with Gasteiger partial charge in [-0.3, -0.25) is 14.6 Å². The van der Waals surface area contributed by atoms with Gasteiger partial charge in [0.1, 0.15) is 11.6 Å². The number of aromatic nitrogens is 4. The summed E-state index contributed by atoms with van der Waals surface area (Å²) in [5.41, 5.74) is 5.54. The number of hydrogen-bond donors (Lipinski definition) is 0. The minimum atomic E-state index is 0.136. The highest BCUT2D eigenvalue weighted by Gasteiger charge is 2.28. The van der Waals surface area contributed by atoms with E-state index >= 15 is 0 Å². The third-order valence-corrected chi connectivity index (χ3v) is 6.86. The van der Waals surface area contributed by atoms with Gasteiger partial charge in [-0.25, -0.2) is 19.9 Å². The second kappa shape index (κ2) is 8.98. The van der Waals surface area contributed by atoms with Crippen LogP contribution in [0.4, 0.5) is 5.82 Å². The van der Waals surface area contributed by atoms with Crippen molar-refractivity contribution in [1.82, 2.24) is 24.8 Å². The zero-order valence-corrected chi connectivity index (χ0v) is 19.6. The van der Waals surface area contributed by atoms with Gasteiger partial charge < -0.3 is 0 Å². The normalized spacial score (nSPS) is 17.3. The number of rotatable bonds is 4. The highest BCUT2D eigenvalue weighted by molar-refractivity contribution is 5.94. The maximum Gasteiger partial charge on any atom is 0.228 e. The number of likely N-dealkylation sites (tertiary alicyclic amines) is 1. The van der Waals surface area contributed by atoms with Crippen molar-refractivity contribution in [2.45, 2.75) is 52.0 Å². The molecule has 0 unspecified atom stereocenters.